The van der Waals surface area contributed by atoms with E-state index in [0.717, 1.165) is 16.4 Å². The predicted octanol–water partition coefficient (Wildman–Crippen LogP) is 5.36. The van der Waals surface area contributed by atoms with Crippen LogP contribution in [0.5, 0.6) is 11.6 Å². The zero-order valence-corrected chi connectivity index (χ0v) is 13.8. The monoisotopic (exact) mass is 320 g/mol. The Balaban J connectivity index is 2.05. The lowest BCUT2D eigenvalue weighted by Gasteiger charge is -2.13. The number of alkyl halides is 1. The summed E-state index contributed by atoms with van der Waals surface area (Å²) in [5.41, 5.74) is 3.24. The maximum absolute atomic E-state index is 6.11. The molecule has 2 heterocycles. The summed E-state index contributed by atoms with van der Waals surface area (Å²) in [6, 6.07) is 6.28. The van der Waals surface area contributed by atoms with E-state index in [2.05, 4.69) is 44.0 Å². The number of hydrogen-bond acceptors (Lipinski definition) is 3. The molecule has 0 saturated heterocycles. The van der Waals surface area contributed by atoms with Crippen molar-refractivity contribution >= 4 is 27.9 Å². The molecule has 110 valence electrons. The minimum Gasteiger partial charge on any atom is -0.437 e. The van der Waals surface area contributed by atoms with Crippen molar-refractivity contribution in [1.29, 1.82) is 0 Å². The number of benzene rings is 1. The van der Waals surface area contributed by atoms with Crippen LogP contribution in [-0.4, -0.2) is 9.38 Å². The molecular formula is C16H17ClN2OS. The van der Waals surface area contributed by atoms with Crippen LogP contribution in [0.4, 0.5) is 0 Å². The Morgan fingerprint density at radius 1 is 1.38 bits per heavy atom. The molecule has 0 aliphatic heterocycles. The van der Waals surface area contributed by atoms with Crippen LogP contribution in [0.25, 0.3) is 4.96 Å². The first-order valence-corrected chi connectivity index (χ1v) is 8.30. The second kappa shape index (κ2) is 5.70. The fraction of sp³-hybridized carbons (Fsp3) is 0.312. The molecule has 0 fully saturated rings. The molecule has 0 aliphatic rings. The molecule has 0 aliphatic carbocycles. The number of thiazole rings is 1. The van der Waals surface area contributed by atoms with Crippen LogP contribution in [0.3, 0.4) is 0 Å². The van der Waals surface area contributed by atoms with Gasteiger partial charge in [-0.15, -0.1) is 22.9 Å². The number of ether oxygens (including phenoxy) is 1. The summed E-state index contributed by atoms with van der Waals surface area (Å²) in [5, 5.41) is 1.99. The molecule has 0 saturated carbocycles. The van der Waals surface area contributed by atoms with Crippen LogP contribution in [0, 0.1) is 6.92 Å². The normalized spacial score (nSPS) is 11.5. The van der Waals surface area contributed by atoms with Crippen LogP contribution in [0.2, 0.25) is 0 Å². The third-order valence-corrected chi connectivity index (χ3v) is 4.46. The van der Waals surface area contributed by atoms with Crippen molar-refractivity contribution in [3.05, 3.63) is 46.6 Å². The van der Waals surface area contributed by atoms with E-state index in [9.17, 15) is 0 Å². The highest BCUT2D eigenvalue weighted by Gasteiger charge is 2.17. The highest BCUT2D eigenvalue weighted by atomic mass is 35.5. The number of aromatic nitrogens is 2. The first-order chi connectivity index (χ1) is 10.1. The number of rotatable bonds is 4. The van der Waals surface area contributed by atoms with Crippen molar-refractivity contribution in [3.8, 4) is 11.6 Å². The van der Waals surface area contributed by atoms with E-state index in [1.807, 2.05) is 16.0 Å². The van der Waals surface area contributed by atoms with Crippen molar-refractivity contribution in [3.63, 3.8) is 0 Å². The molecule has 0 spiro atoms. The number of aryl methyl sites for hydroxylation is 1. The summed E-state index contributed by atoms with van der Waals surface area (Å²) in [4.78, 5) is 5.45. The van der Waals surface area contributed by atoms with E-state index in [1.165, 1.54) is 11.1 Å². The summed E-state index contributed by atoms with van der Waals surface area (Å²) < 4.78 is 8.09. The van der Waals surface area contributed by atoms with Gasteiger partial charge in [-0.25, -0.2) is 0 Å². The lowest BCUT2D eigenvalue weighted by Crippen LogP contribution is -1.97. The zero-order valence-electron chi connectivity index (χ0n) is 12.3. The van der Waals surface area contributed by atoms with Crippen molar-refractivity contribution < 1.29 is 4.74 Å². The third kappa shape index (κ3) is 2.65. The van der Waals surface area contributed by atoms with Crippen LogP contribution in [0.1, 0.15) is 36.6 Å². The minimum absolute atomic E-state index is 0.371. The SMILES string of the molecule is Cc1ccc(C(C)C)c(Oc2nc3sccn3c2CCl)c1. The molecule has 21 heavy (non-hydrogen) atoms. The van der Waals surface area contributed by atoms with E-state index in [1.54, 1.807) is 11.3 Å². The minimum atomic E-state index is 0.371. The van der Waals surface area contributed by atoms with Gasteiger partial charge in [0.05, 0.1) is 5.88 Å². The Morgan fingerprint density at radius 2 is 2.19 bits per heavy atom. The molecule has 3 aromatic rings. The highest BCUT2D eigenvalue weighted by Crippen LogP contribution is 2.34. The average Bonchev–Trinajstić information content (AvgIpc) is 2.98. The van der Waals surface area contributed by atoms with E-state index in [0.29, 0.717) is 17.7 Å². The standard InChI is InChI=1S/C16H17ClN2OS/c1-10(2)12-5-4-11(3)8-14(12)20-15-13(9-17)19-6-7-21-16(19)18-15/h4-8,10H,9H2,1-3H3. The molecule has 0 N–H and O–H groups in total. The van der Waals surface area contributed by atoms with Gasteiger partial charge in [-0.2, -0.15) is 4.98 Å². The number of fused-ring (bicyclic) bond motifs is 1. The Labute approximate surface area is 133 Å². The first kappa shape index (κ1) is 14.4. The molecule has 0 unspecified atom stereocenters. The zero-order chi connectivity index (χ0) is 15.0. The van der Waals surface area contributed by atoms with Crippen molar-refractivity contribution in [1.82, 2.24) is 9.38 Å². The van der Waals surface area contributed by atoms with E-state index >= 15 is 0 Å². The molecule has 0 bridgehead atoms. The van der Waals surface area contributed by atoms with Crippen LogP contribution < -0.4 is 4.74 Å². The molecule has 1 aromatic carbocycles. The fourth-order valence-corrected chi connectivity index (χ4v) is 3.29. The largest absolute Gasteiger partial charge is 0.437 e. The predicted molar refractivity (Wildman–Crippen MR) is 88.0 cm³/mol. The van der Waals surface area contributed by atoms with Crippen molar-refractivity contribution in [2.24, 2.45) is 0 Å². The second-order valence-corrected chi connectivity index (χ2v) is 6.49. The number of hydrogen-bond donors (Lipinski definition) is 0. The van der Waals surface area contributed by atoms with E-state index in [4.69, 9.17) is 16.3 Å². The lowest BCUT2D eigenvalue weighted by atomic mass is 10.0. The first-order valence-electron chi connectivity index (χ1n) is 6.89. The second-order valence-electron chi connectivity index (χ2n) is 5.35. The summed E-state index contributed by atoms with van der Waals surface area (Å²) in [6.45, 7) is 6.38. The van der Waals surface area contributed by atoms with Gasteiger partial charge in [-0.05, 0) is 30.0 Å². The van der Waals surface area contributed by atoms with Gasteiger partial charge < -0.3 is 4.74 Å². The summed E-state index contributed by atoms with van der Waals surface area (Å²) >= 11 is 7.65. The van der Waals surface area contributed by atoms with Gasteiger partial charge in [0.25, 0.3) is 0 Å². The maximum atomic E-state index is 6.11. The lowest BCUT2D eigenvalue weighted by molar-refractivity contribution is 0.452. The van der Waals surface area contributed by atoms with E-state index in [-0.39, 0.29) is 0 Å². The van der Waals surface area contributed by atoms with Crippen molar-refractivity contribution in [2.45, 2.75) is 32.6 Å². The van der Waals surface area contributed by atoms with Gasteiger partial charge in [0.2, 0.25) is 5.88 Å². The average molecular weight is 321 g/mol. The summed E-state index contributed by atoms with van der Waals surface area (Å²) in [5.74, 6) is 2.23. The fourth-order valence-electron chi connectivity index (χ4n) is 2.33. The smallest absolute Gasteiger partial charge is 0.243 e. The Bertz CT molecular complexity index is 776. The van der Waals surface area contributed by atoms with E-state index < -0.39 is 0 Å². The number of nitrogens with zero attached hydrogens (tertiary/aromatic N) is 2. The Kier molecular flexibility index (Phi) is 3.91. The summed E-state index contributed by atoms with van der Waals surface area (Å²) in [6.07, 6.45) is 1.97. The van der Waals surface area contributed by atoms with Gasteiger partial charge in [0.15, 0.2) is 4.96 Å². The topological polar surface area (TPSA) is 26.5 Å². The molecule has 3 rings (SSSR count). The quantitative estimate of drug-likeness (QED) is 0.605. The van der Waals surface area contributed by atoms with Crippen LogP contribution >= 0.6 is 22.9 Å². The third-order valence-electron chi connectivity index (χ3n) is 3.45. The molecule has 0 radical (unpaired) electrons. The molecule has 5 heteroatoms. The molecular weight excluding hydrogens is 304 g/mol. The molecule has 0 atom stereocenters. The number of halogens is 1. The van der Waals surface area contributed by atoms with Gasteiger partial charge in [-0.3, -0.25) is 4.40 Å². The van der Waals surface area contributed by atoms with Gasteiger partial charge in [0.1, 0.15) is 11.4 Å². The van der Waals surface area contributed by atoms with Crippen LogP contribution in [-0.2, 0) is 5.88 Å². The molecule has 3 nitrogen and oxygen atoms in total. The molecule has 2 aromatic heterocycles. The van der Waals surface area contributed by atoms with Gasteiger partial charge >= 0.3 is 0 Å². The summed E-state index contributed by atoms with van der Waals surface area (Å²) in [7, 11) is 0. The maximum Gasteiger partial charge on any atom is 0.243 e. The highest BCUT2D eigenvalue weighted by molar-refractivity contribution is 7.15. The van der Waals surface area contributed by atoms with Crippen LogP contribution in [0.15, 0.2) is 29.8 Å². The van der Waals surface area contributed by atoms with Gasteiger partial charge in [-0.1, -0.05) is 26.0 Å². The Hall–Kier alpha value is -1.52. The Morgan fingerprint density at radius 3 is 2.90 bits per heavy atom. The van der Waals surface area contributed by atoms with Gasteiger partial charge in [0, 0.05) is 11.6 Å². The molecule has 0 amide bonds. The number of imidazole rings is 1. The van der Waals surface area contributed by atoms with Crippen molar-refractivity contribution in [2.75, 3.05) is 0 Å².